The molecule has 2 aromatic rings. The Labute approximate surface area is 122 Å². The minimum Gasteiger partial charge on any atom is -0.246 e. The van der Waals surface area contributed by atoms with E-state index < -0.39 is 0 Å². The van der Waals surface area contributed by atoms with Gasteiger partial charge in [-0.2, -0.15) is 0 Å². The fourth-order valence-corrected chi connectivity index (χ4v) is 3.49. The molecule has 0 spiro atoms. The van der Waals surface area contributed by atoms with Gasteiger partial charge < -0.3 is 0 Å². The van der Waals surface area contributed by atoms with Gasteiger partial charge in [-0.15, -0.1) is 11.3 Å². The van der Waals surface area contributed by atoms with E-state index in [0.29, 0.717) is 5.02 Å². The molecule has 2 rings (SSSR count). The largest absolute Gasteiger partial charge is 0.246 e. The highest BCUT2D eigenvalue weighted by Gasteiger charge is 2.16. The maximum Gasteiger partial charge on any atom is 0.0911 e. The molecule has 0 radical (unpaired) electrons. The average molecular weight is 288 g/mol. The Morgan fingerprint density at radius 2 is 1.79 bits per heavy atom. The molecular weight excluding hydrogens is 274 g/mol. The zero-order chi connectivity index (χ0) is 14.0. The Kier molecular flexibility index (Phi) is 4.03. The van der Waals surface area contributed by atoms with Gasteiger partial charge in [0.1, 0.15) is 0 Å². The summed E-state index contributed by atoms with van der Waals surface area (Å²) in [6.07, 6.45) is 9.27. The van der Waals surface area contributed by atoms with Crippen LogP contribution in [0.4, 0.5) is 0 Å². The highest BCUT2D eigenvalue weighted by atomic mass is 35.5. The van der Waals surface area contributed by atoms with E-state index in [4.69, 9.17) is 11.6 Å². The van der Waals surface area contributed by atoms with Gasteiger partial charge in [-0.05, 0) is 19.1 Å². The van der Waals surface area contributed by atoms with Crippen LogP contribution in [0.3, 0.4) is 0 Å². The molecule has 0 saturated carbocycles. The molecule has 0 unspecified atom stereocenters. The molecule has 0 aromatic carbocycles. The van der Waals surface area contributed by atoms with Gasteiger partial charge in [0.05, 0.1) is 20.9 Å². The van der Waals surface area contributed by atoms with Crippen LogP contribution in [0.25, 0.3) is 34.5 Å². The van der Waals surface area contributed by atoms with Crippen LogP contribution in [-0.2, 0) is 0 Å². The fourth-order valence-electron chi connectivity index (χ4n) is 1.95. The fraction of sp³-hybridized carbons (Fsp3) is 0.0625. The van der Waals surface area contributed by atoms with Crippen molar-refractivity contribution in [1.82, 2.24) is 4.98 Å². The summed E-state index contributed by atoms with van der Waals surface area (Å²) in [6, 6.07) is 0. The standard InChI is InChI=1S/C16H14ClNS/c1-5-9-13-11(7-3)15-16(19-13)14(17)10(6-2)12(8-4)18-15/h5-9H,2-4H2,1H3/b9-5-. The van der Waals surface area contributed by atoms with Crippen LogP contribution >= 0.6 is 22.9 Å². The lowest BCUT2D eigenvalue weighted by molar-refractivity contribution is 1.36. The Balaban J connectivity index is 2.96. The second-order valence-electron chi connectivity index (χ2n) is 3.89. The molecular formula is C16H14ClNS. The molecule has 0 bridgehead atoms. The number of hydrogen-bond donors (Lipinski definition) is 0. The maximum absolute atomic E-state index is 6.46. The van der Waals surface area contributed by atoms with Crippen LogP contribution in [-0.4, -0.2) is 4.98 Å². The van der Waals surface area contributed by atoms with Crippen LogP contribution in [0.2, 0.25) is 5.02 Å². The van der Waals surface area contributed by atoms with Crippen LogP contribution in [0.15, 0.2) is 25.8 Å². The van der Waals surface area contributed by atoms with Crippen molar-refractivity contribution in [3.05, 3.63) is 52.5 Å². The molecule has 0 saturated heterocycles. The Morgan fingerprint density at radius 3 is 2.32 bits per heavy atom. The Morgan fingerprint density at radius 1 is 1.11 bits per heavy atom. The summed E-state index contributed by atoms with van der Waals surface area (Å²) < 4.78 is 0.963. The third kappa shape index (κ3) is 2.18. The molecule has 3 heteroatoms. The topological polar surface area (TPSA) is 12.9 Å². The summed E-state index contributed by atoms with van der Waals surface area (Å²) in [5.74, 6) is 0. The van der Waals surface area contributed by atoms with E-state index in [0.717, 1.165) is 31.9 Å². The smallest absolute Gasteiger partial charge is 0.0911 e. The van der Waals surface area contributed by atoms with Crippen molar-refractivity contribution < 1.29 is 0 Å². The maximum atomic E-state index is 6.46. The third-order valence-electron chi connectivity index (χ3n) is 2.81. The molecule has 0 atom stereocenters. The number of halogens is 1. The molecule has 2 aromatic heterocycles. The average Bonchev–Trinajstić information content (AvgIpc) is 2.76. The lowest BCUT2D eigenvalue weighted by Gasteiger charge is -2.04. The summed E-state index contributed by atoms with van der Waals surface area (Å²) in [7, 11) is 0. The normalized spacial score (nSPS) is 11.1. The highest BCUT2D eigenvalue weighted by Crippen LogP contribution is 2.39. The van der Waals surface area contributed by atoms with Gasteiger partial charge in [-0.1, -0.05) is 49.6 Å². The molecule has 0 amide bonds. The van der Waals surface area contributed by atoms with Crippen LogP contribution < -0.4 is 0 Å². The van der Waals surface area contributed by atoms with Crippen molar-refractivity contribution >= 4 is 57.5 Å². The van der Waals surface area contributed by atoms with Crippen molar-refractivity contribution in [1.29, 1.82) is 0 Å². The summed E-state index contributed by atoms with van der Waals surface area (Å²) in [5, 5.41) is 0.679. The van der Waals surface area contributed by atoms with Gasteiger partial charge in [-0.3, -0.25) is 0 Å². The number of nitrogens with zero attached hydrogens (tertiary/aromatic N) is 1. The SMILES string of the molecule is C=Cc1nc2c(C=C)c(/C=C\C)sc2c(Cl)c1C=C. The summed E-state index contributed by atoms with van der Waals surface area (Å²) >= 11 is 8.07. The van der Waals surface area contributed by atoms with Gasteiger partial charge in [0, 0.05) is 16.0 Å². The molecule has 0 aliphatic heterocycles. The van der Waals surface area contributed by atoms with E-state index in [1.165, 1.54) is 0 Å². The minimum atomic E-state index is 0.679. The first-order chi connectivity index (χ1) is 9.17. The number of allylic oxidation sites excluding steroid dienone is 1. The lowest BCUT2D eigenvalue weighted by atomic mass is 10.1. The van der Waals surface area contributed by atoms with Crippen molar-refractivity contribution in [2.24, 2.45) is 0 Å². The predicted octanol–water partition coefficient (Wildman–Crippen LogP) is 5.91. The second kappa shape index (κ2) is 5.55. The third-order valence-corrected chi connectivity index (χ3v) is 4.49. The van der Waals surface area contributed by atoms with Crippen LogP contribution in [0, 0.1) is 0 Å². The summed E-state index contributed by atoms with van der Waals surface area (Å²) in [6.45, 7) is 13.4. The van der Waals surface area contributed by atoms with E-state index in [2.05, 4.69) is 24.7 Å². The van der Waals surface area contributed by atoms with E-state index in [9.17, 15) is 0 Å². The molecule has 96 valence electrons. The molecule has 0 aliphatic carbocycles. The van der Waals surface area contributed by atoms with Crippen LogP contribution in [0.5, 0.6) is 0 Å². The van der Waals surface area contributed by atoms with E-state index in [1.54, 1.807) is 23.5 Å². The van der Waals surface area contributed by atoms with E-state index >= 15 is 0 Å². The summed E-state index contributed by atoms with van der Waals surface area (Å²) in [5.41, 5.74) is 3.46. The van der Waals surface area contributed by atoms with Crippen molar-refractivity contribution in [2.45, 2.75) is 6.92 Å². The van der Waals surface area contributed by atoms with Crippen molar-refractivity contribution in [3.63, 3.8) is 0 Å². The van der Waals surface area contributed by atoms with Gasteiger partial charge in [0.15, 0.2) is 0 Å². The van der Waals surface area contributed by atoms with Gasteiger partial charge in [0.2, 0.25) is 0 Å². The number of rotatable bonds is 4. The first-order valence-electron chi connectivity index (χ1n) is 5.83. The zero-order valence-corrected chi connectivity index (χ0v) is 12.3. The zero-order valence-electron chi connectivity index (χ0n) is 10.7. The summed E-state index contributed by atoms with van der Waals surface area (Å²) in [4.78, 5) is 5.74. The number of pyridine rings is 1. The molecule has 0 N–H and O–H groups in total. The number of aromatic nitrogens is 1. The van der Waals surface area contributed by atoms with Crippen molar-refractivity contribution in [3.8, 4) is 0 Å². The first kappa shape index (κ1) is 13.8. The van der Waals surface area contributed by atoms with E-state index in [-0.39, 0.29) is 0 Å². The molecule has 0 aliphatic rings. The number of hydrogen-bond acceptors (Lipinski definition) is 2. The first-order valence-corrected chi connectivity index (χ1v) is 7.03. The van der Waals surface area contributed by atoms with E-state index in [1.807, 2.05) is 25.2 Å². The Bertz CT molecular complexity index is 707. The second-order valence-corrected chi connectivity index (χ2v) is 5.32. The highest BCUT2D eigenvalue weighted by molar-refractivity contribution is 7.20. The number of thiophene rings is 1. The Hall–Kier alpha value is -1.64. The molecule has 1 nitrogen and oxygen atoms in total. The molecule has 0 fully saturated rings. The molecule has 19 heavy (non-hydrogen) atoms. The van der Waals surface area contributed by atoms with Gasteiger partial charge in [0.25, 0.3) is 0 Å². The van der Waals surface area contributed by atoms with Gasteiger partial charge in [-0.25, -0.2) is 4.98 Å². The monoisotopic (exact) mass is 287 g/mol. The predicted molar refractivity (Wildman–Crippen MR) is 89.6 cm³/mol. The van der Waals surface area contributed by atoms with Gasteiger partial charge >= 0.3 is 0 Å². The van der Waals surface area contributed by atoms with Crippen LogP contribution in [0.1, 0.15) is 28.6 Å². The lowest BCUT2D eigenvalue weighted by Crippen LogP contribution is -1.89. The minimum absolute atomic E-state index is 0.679. The molecule has 2 heterocycles. The van der Waals surface area contributed by atoms with Crippen molar-refractivity contribution in [2.75, 3.05) is 0 Å². The quantitative estimate of drug-likeness (QED) is 0.681. The number of fused-ring (bicyclic) bond motifs is 1.